The Morgan fingerprint density at radius 2 is 1.95 bits per heavy atom. The Bertz CT molecular complexity index is 521. The van der Waals surface area contributed by atoms with Crippen LogP contribution < -0.4 is 0 Å². The van der Waals surface area contributed by atoms with Crippen molar-refractivity contribution >= 4 is 11.7 Å². The molecule has 19 heavy (non-hydrogen) atoms. The Balaban J connectivity index is 2.56. The van der Waals surface area contributed by atoms with Crippen molar-refractivity contribution in [2.24, 2.45) is 0 Å². The average molecular weight is 256 g/mol. The smallest absolute Gasteiger partial charge is 0.243 e. The summed E-state index contributed by atoms with van der Waals surface area (Å²) in [6.45, 7) is 6.14. The molecular weight excluding hydrogens is 236 g/mol. The second-order valence-electron chi connectivity index (χ2n) is 5.07. The van der Waals surface area contributed by atoms with Gasteiger partial charge < -0.3 is 0 Å². The van der Waals surface area contributed by atoms with Crippen molar-refractivity contribution < 1.29 is 4.79 Å². The molecule has 0 bridgehead atoms. The van der Waals surface area contributed by atoms with Gasteiger partial charge in [-0.25, -0.2) is 0 Å². The van der Waals surface area contributed by atoms with Crippen molar-refractivity contribution in [1.29, 1.82) is 5.41 Å². The summed E-state index contributed by atoms with van der Waals surface area (Å²) in [7, 11) is 1.66. The minimum atomic E-state index is -0.733. The van der Waals surface area contributed by atoms with E-state index in [0.717, 1.165) is 24.8 Å². The standard InChI is InChI=1S/C16H20N2O/c1-4-5-11-16(13-9-7-6-8-10-13)12(2)14(17)18(3)15(16)19/h6-10,17H,2,4-5,11H2,1,3H3. The molecule has 1 aromatic carbocycles. The molecule has 0 aromatic heterocycles. The maximum atomic E-state index is 12.7. The highest BCUT2D eigenvalue weighted by Gasteiger charge is 2.52. The van der Waals surface area contributed by atoms with Crippen LogP contribution in [0.2, 0.25) is 0 Å². The third-order valence-corrected chi connectivity index (χ3v) is 3.98. The van der Waals surface area contributed by atoms with E-state index in [1.54, 1.807) is 7.05 Å². The number of rotatable bonds is 4. The fourth-order valence-electron chi connectivity index (χ4n) is 2.79. The largest absolute Gasteiger partial charge is 0.299 e. The Kier molecular flexibility index (Phi) is 3.56. The minimum Gasteiger partial charge on any atom is -0.299 e. The van der Waals surface area contributed by atoms with Crippen LogP contribution in [-0.4, -0.2) is 23.7 Å². The van der Waals surface area contributed by atoms with Crippen LogP contribution in [0.15, 0.2) is 42.5 Å². The SMILES string of the molecule is C=C1C(=N)N(C)C(=O)C1(CCCC)c1ccccc1. The molecule has 1 unspecified atom stereocenters. The van der Waals surface area contributed by atoms with Crippen molar-refractivity contribution in [2.45, 2.75) is 31.6 Å². The van der Waals surface area contributed by atoms with Crippen LogP contribution in [0.5, 0.6) is 0 Å². The normalized spacial score (nSPS) is 23.3. The van der Waals surface area contributed by atoms with Gasteiger partial charge in [0.2, 0.25) is 5.91 Å². The molecule has 1 aliphatic rings. The van der Waals surface area contributed by atoms with Gasteiger partial charge in [-0.2, -0.15) is 0 Å². The molecule has 1 N–H and O–H groups in total. The third kappa shape index (κ3) is 1.89. The summed E-state index contributed by atoms with van der Waals surface area (Å²) < 4.78 is 0. The number of hydrogen-bond donors (Lipinski definition) is 1. The molecule has 0 aliphatic carbocycles. The van der Waals surface area contributed by atoms with E-state index in [0.29, 0.717) is 5.57 Å². The number of benzene rings is 1. The third-order valence-electron chi connectivity index (χ3n) is 3.98. The van der Waals surface area contributed by atoms with Crippen LogP contribution in [0.1, 0.15) is 31.7 Å². The van der Waals surface area contributed by atoms with Gasteiger partial charge in [0.15, 0.2) is 0 Å². The van der Waals surface area contributed by atoms with Gasteiger partial charge in [-0.05, 0) is 12.0 Å². The lowest BCUT2D eigenvalue weighted by atomic mass is 9.72. The van der Waals surface area contributed by atoms with E-state index in [2.05, 4.69) is 13.5 Å². The predicted molar refractivity (Wildman–Crippen MR) is 77.3 cm³/mol. The highest BCUT2D eigenvalue weighted by molar-refractivity contribution is 6.20. The van der Waals surface area contributed by atoms with E-state index in [1.165, 1.54) is 4.90 Å². The maximum absolute atomic E-state index is 12.7. The first-order chi connectivity index (χ1) is 9.05. The topological polar surface area (TPSA) is 44.2 Å². The van der Waals surface area contributed by atoms with E-state index < -0.39 is 5.41 Å². The minimum absolute atomic E-state index is 0.0258. The Morgan fingerprint density at radius 3 is 2.42 bits per heavy atom. The number of unbranched alkanes of at least 4 members (excludes halogenated alkanes) is 1. The van der Waals surface area contributed by atoms with Gasteiger partial charge in [0.1, 0.15) is 11.3 Å². The van der Waals surface area contributed by atoms with Gasteiger partial charge in [-0.15, -0.1) is 0 Å². The lowest BCUT2D eigenvalue weighted by Crippen LogP contribution is -2.37. The number of hydrogen-bond acceptors (Lipinski definition) is 2. The van der Waals surface area contributed by atoms with Crippen molar-refractivity contribution in [3.63, 3.8) is 0 Å². The molecule has 1 aromatic rings. The maximum Gasteiger partial charge on any atom is 0.243 e. The molecule has 0 saturated carbocycles. The van der Waals surface area contributed by atoms with Gasteiger partial charge >= 0.3 is 0 Å². The summed E-state index contributed by atoms with van der Waals surface area (Å²) in [5.41, 5.74) is 0.843. The van der Waals surface area contributed by atoms with Crippen molar-refractivity contribution in [3.8, 4) is 0 Å². The van der Waals surface area contributed by atoms with E-state index >= 15 is 0 Å². The molecule has 0 radical (unpaired) electrons. The number of amides is 1. The number of amidine groups is 1. The molecule has 1 saturated heterocycles. The van der Waals surface area contributed by atoms with Gasteiger partial charge in [0.05, 0.1) is 0 Å². The number of likely N-dealkylation sites (tertiary alicyclic amines) is 1. The van der Waals surface area contributed by atoms with Crippen LogP contribution >= 0.6 is 0 Å². The molecule has 1 amide bonds. The number of likely N-dealkylation sites (N-methyl/N-ethyl adjacent to an activating group) is 1. The predicted octanol–water partition coefficient (Wildman–Crippen LogP) is 3.12. The van der Waals surface area contributed by atoms with Crippen molar-refractivity contribution in [3.05, 3.63) is 48.0 Å². The summed E-state index contributed by atoms with van der Waals surface area (Å²) in [6, 6.07) is 9.74. The number of carbonyl (C=O) groups is 1. The van der Waals surface area contributed by atoms with Crippen LogP contribution in [0.25, 0.3) is 0 Å². The molecule has 1 heterocycles. The lowest BCUT2D eigenvalue weighted by Gasteiger charge is -2.28. The molecule has 3 nitrogen and oxygen atoms in total. The number of nitrogens with one attached hydrogen (secondary N) is 1. The van der Waals surface area contributed by atoms with E-state index in [9.17, 15) is 4.79 Å². The van der Waals surface area contributed by atoms with Gasteiger partial charge in [0.25, 0.3) is 0 Å². The van der Waals surface area contributed by atoms with Crippen molar-refractivity contribution in [2.75, 3.05) is 7.05 Å². The molecule has 1 atom stereocenters. The second-order valence-corrected chi connectivity index (χ2v) is 5.07. The van der Waals surface area contributed by atoms with Crippen molar-refractivity contribution in [1.82, 2.24) is 4.90 Å². The van der Waals surface area contributed by atoms with E-state index in [-0.39, 0.29) is 11.7 Å². The number of nitrogens with zero attached hydrogens (tertiary/aromatic N) is 1. The summed E-state index contributed by atoms with van der Waals surface area (Å²) in [5, 5.41) is 8.04. The second kappa shape index (κ2) is 5.00. The Morgan fingerprint density at radius 1 is 1.32 bits per heavy atom. The molecule has 2 rings (SSSR count). The quantitative estimate of drug-likeness (QED) is 0.883. The first-order valence-electron chi connectivity index (χ1n) is 6.67. The first kappa shape index (κ1) is 13.5. The fraction of sp³-hybridized carbons (Fsp3) is 0.375. The van der Waals surface area contributed by atoms with E-state index in [1.807, 2.05) is 30.3 Å². The molecular formula is C16H20N2O. The number of carbonyl (C=O) groups excluding carboxylic acids is 1. The highest BCUT2D eigenvalue weighted by atomic mass is 16.2. The zero-order valence-electron chi connectivity index (χ0n) is 11.6. The summed E-state index contributed by atoms with van der Waals surface area (Å²) in [5.74, 6) is 0.215. The van der Waals surface area contributed by atoms with Crippen LogP contribution in [-0.2, 0) is 10.2 Å². The summed E-state index contributed by atoms with van der Waals surface area (Å²) in [4.78, 5) is 14.1. The zero-order chi connectivity index (χ0) is 14.0. The Labute approximate surface area is 114 Å². The van der Waals surface area contributed by atoms with Crippen LogP contribution in [0.4, 0.5) is 0 Å². The molecule has 3 heteroatoms. The fourth-order valence-corrected chi connectivity index (χ4v) is 2.79. The van der Waals surface area contributed by atoms with Gasteiger partial charge in [-0.3, -0.25) is 15.1 Å². The van der Waals surface area contributed by atoms with Gasteiger partial charge in [-0.1, -0.05) is 56.7 Å². The Hall–Kier alpha value is -1.90. The summed E-state index contributed by atoms with van der Waals surface area (Å²) >= 11 is 0. The molecule has 1 fully saturated rings. The lowest BCUT2D eigenvalue weighted by molar-refractivity contribution is -0.129. The van der Waals surface area contributed by atoms with Crippen LogP contribution in [0, 0.1) is 5.41 Å². The molecule has 0 spiro atoms. The van der Waals surface area contributed by atoms with E-state index in [4.69, 9.17) is 5.41 Å². The first-order valence-corrected chi connectivity index (χ1v) is 6.67. The summed E-state index contributed by atoms with van der Waals surface area (Å²) in [6.07, 6.45) is 2.69. The highest BCUT2D eigenvalue weighted by Crippen LogP contribution is 2.43. The average Bonchev–Trinajstić information content (AvgIpc) is 2.61. The van der Waals surface area contributed by atoms with Crippen LogP contribution in [0.3, 0.4) is 0 Å². The molecule has 1 aliphatic heterocycles. The monoisotopic (exact) mass is 256 g/mol. The van der Waals surface area contributed by atoms with Gasteiger partial charge in [0, 0.05) is 12.6 Å². The molecule has 100 valence electrons. The zero-order valence-corrected chi connectivity index (χ0v) is 11.6.